The summed E-state index contributed by atoms with van der Waals surface area (Å²) in [7, 11) is 0. The fraction of sp³-hybridized carbons (Fsp3) is 0.200. The SMILES string of the molecule is CCN1C(=O)[C@H](NC(=O)c2cccc(C(F)(F)F)c2)[C@H](c2ccc(F)cc2)c2c(CC=O)nn(-c3ccccc3)c21. The van der Waals surface area contributed by atoms with Crippen LogP contribution in [-0.4, -0.2) is 40.5 Å². The number of nitrogens with one attached hydrogen (secondary N) is 1. The van der Waals surface area contributed by atoms with Gasteiger partial charge in [-0.2, -0.15) is 18.3 Å². The molecule has 1 aliphatic heterocycles. The van der Waals surface area contributed by atoms with E-state index in [4.69, 9.17) is 0 Å². The van der Waals surface area contributed by atoms with E-state index in [1.54, 1.807) is 35.9 Å². The number of halogens is 4. The zero-order valence-corrected chi connectivity index (χ0v) is 21.7. The predicted molar refractivity (Wildman–Crippen MR) is 142 cm³/mol. The van der Waals surface area contributed by atoms with Crippen LogP contribution in [0.3, 0.4) is 0 Å². The Kier molecular flexibility index (Phi) is 7.44. The maximum Gasteiger partial charge on any atom is 0.416 e. The summed E-state index contributed by atoms with van der Waals surface area (Å²) in [5, 5.41) is 7.30. The van der Waals surface area contributed by atoms with Crippen LogP contribution in [0, 0.1) is 5.82 Å². The van der Waals surface area contributed by atoms with Gasteiger partial charge in [0.15, 0.2) is 0 Å². The third-order valence-corrected chi connectivity index (χ3v) is 6.97. The van der Waals surface area contributed by atoms with Crippen LogP contribution in [0.5, 0.6) is 0 Å². The first kappa shape index (κ1) is 27.8. The summed E-state index contributed by atoms with van der Waals surface area (Å²) >= 11 is 0. The lowest BCUT2D eigenvalue weighted by atomic mass is 9.80. The molecule has 0 saturated heterocycles. The van der Waals surface area contributed by atoms with E-state index < -0.39 is 41.3 Å². The van der Waals surface area contributed by atoms with E-state index in [0.29, 0.717) is 40.7 Å². The fourth-order valence-corrected chi connectivity index (χ4v) is 5.15. The second kappa shape index (κ2) is 11.0. The van der Waals surface area contributed by atoms with Gasteiger partial charge in [-0.15, -0.1) is 0 Å². The molecular formula is C30H24F4N4O3. The number of nitrogens with zero attached hydrogens (tertiary/aromatic N) is 3. The van der Waals surface area contributed by atoms with Crippen LogP contribution in [0.4, 0.5) is 23.4 Å². The molecule has 0 spiro atoms. The number of fused-ring (bicyclic) bond motifs is 1. The molecule has 41 heavy (non-hydrogen) atoms. The molecule has 7 nitrogen and oxygen atoms in total. The van der Waals surface area contributed by atoms with E-state index in [9.17, 15) is 31.9 Å². The average molecular weight is 565 g/mol. The number of hydrogen-bond acceptors (Lipinski definition) is 4. The Labute approximate surface area is 232 Å². The summed E-state index contributed by atoms with van der Waals surface area (Å²) < 4.78 is 55.5. The molecule has 3 aromatic carbocycles. The molecule has 210 valence electrons. The molecule has 0 fully saturated rings. The number of para-hydroxylation sites is 1. The molecule has 1 aliphatic rings. The molecule has 0 radical (unpaired) electrons. The number of hydrogen-bond donors (Lipinski definition) is 1. The minimum atomic E-state index is -4.67. The third kappa shape index (κ3) is 5.22. The molecule has 2 heterocycles. The zero-order chi connectivity index (χ0) is 29.3. The van der Waals surface area contributed by atoms with E-state index in [1.165, 1.54) is 35.2 Å². The molecule has 1 N–H and O–H groups in total. The minimum absolute atomic E-state index is 0.111. The van der Waals surface area contributed by atoms with Crippen molar-refractivity contribution in [3.8, 4) is 5.69 Å². The van der Waals surface area contributed by atoms with Crippen molar-refractivity contribution in [3.05, 3.63) is 113 Å². The highest BCUT2D eigenvalue weighted by molar-refractivity contribution is 6.05. The highest BCUT2D eigenvalue weighted by atomic mass is 19.4. The van der Waals surface area contributed by atoms with Gasteiger partial charge in [-0.3, -0.25) is 14.5 Å². The summed E-state index contributed by atoms with van der Waals surface area (Å²) in [6.45, 7) is 1.89. The Morgan fingerprint density at radius 1 is 1.02 bits per heavy atom. The largest absolute Gasteiger partial charge is 0.416 e. The van der Waals surface area contributed by atoms with E-state index in [1.807, 2.05) is 6.07 Å². The molecular weight excluding hydrogens is 540 g/mol. The van der Waals surface area contributed by atoms with Gasteiger partial charge >= 0.3 is 6.18 Å². The van der Waals surface area contributed by atoms with Gasteiger partial charge in [-0.25, -0.2) is 9.07 Å². The number of aromatic nitrogens is 2. The van der Waals surface area contributed by atoms with Crippen molar-refractivity contribution in [1.29, 1.82) is 0 Å². The number of benzene rings is 3. The normalized spacial score (nSPS) is 16.8. The van der Waals surface area contributed by atoms with Crippen LogP contribution >= 0.6 is 0 Å². The monoisotopic (exact) mass is 564 g/mol. The second-order valence-electron chi connectivity index (χ2n) is 9.44. The Morgan fingerprint density at radius 3 is 2.37 bits per heavy atom. The van der Waals surface area contributed by atoms with E-state index in [2.05, 4.69) is 10.4 Å². The Balaban J connectivity index is 1.69. The first-order chi connectivity index (χ1) is 19.6. The van der Waals surface area contributed by atoms with E-state index in [-0.39, 0.29) is 18.5 Å². The van der Waals surface area contributed by atoms with Crippen LogP contribution < -0.4 is 10.2 Å². The van der Waals surface area contributed by atoms with Gasteiger partial charge in [-0.1, -0.05) is 36.4 Å². The molecule has 0 unspecified atom stereocenters. The van der Waals surface area contributed by atoms with Crippen molar-refractivity contribution in [1.82, 2.24) is 15.1 Å². The summed E-state index contributed by atoms with van der Waals surface area (Å²) in [5.41, 5.74) is 0.598. The van der Waals surface area contributed by atoms with E-state index in [0.717, 1.165) is 12.1 Å². The number of carbonyl (C=O) groups is 3. The maximum absolute atomic E-state index is 14.1. The predicted octanol–water partition coefficient (Wildman–Crippen LogP) is 5.07. The second-order valence-corrected chi connectivity index (χ2v) is 9.44. The smallest absolute Gasteiger partial charge is 0.339 e. The summed E-state index contributed by atoms with van der Waals surface area (Å²) in [5.74, 6) is -2.50. The lowest BCUT2D eigenvalue weighted by Gasteiger charge is -2.38. The molecule has 1 aromatic heterocycles. The number of amides is 2. The molecule has 11 heteroatoms. The number of likely N-dealkylation sites (N-methyl/N-ethyl adjacent to an activating group) is 1. The Hall–Kier alpha value is -4.80. The van der Waals surface area contributed by atoms with Gasteiger partial charge in [0.05, 0.1) is 16.9 Å². The highest BCUT2D eigenvalue weighted by Gasteiger charge is 2.46. The van der Waals surface area contributed by atoms with Gasteiger partial charge in [0.25, 0.3) is 11.8 Å². The molecule has 5 rings (SSSR count). The van der Waals surface area contributed by atoms with Gasteiger partial charge in [0.2, 0.25) is 0 Å². The van der Waals surface area contributed by atoms with Crippen molar-refractivity contribution in [2.75, 3.05) is 11.4 Å². The molecule has 2 amide bonds. The Morgan fingerprint density at radius 2 is 1.73 bits per heavy atom. The molecule has 0 aliphatic carbocycles. The quantitative estimate of drug-likeness (QED) is 0.251. The van der Waals surface area contributed by atoms with Gasteiger partial charge in [0, 0.05) is 30.0 Å². The van der Waals surface area contributed by atoms with Crippen LogP contribution in [-0.2, 0) is 22.2 Å². The molecule has 0 saturated carbocycles. The van der Waals surface area contributed by atoms with Crippen LogP contribution in [0.25, 0.3) is 5.69 Å². The van der Waals surface area contributed by atoms with Crippen molar-refractivity contribution in [2.45, 2.75) is 31.5 Å². The van der Waals surface area contributed by atoms with Crippen molar-refractivity contribution in [2.24, 2.45) is 0 Å². The minimum Gasteiger partial charge on any atom is -0.339 e. The lowest BCUT2D eigenvalue weighted by Crippen LogP contribution is -2.55. The number of anilines is 1. The zero-order valence-electron chi connectivity index (χ0n) is 21.7. The average Bonchev–Trinajstić information content (AvgIpc) is 3.33. The highest BCUT2D eigenvalue weighted by Crippen LogP contribution is 2.43. The lowest BCUT2D eigenvalue weighted by molar-refractivity contribution is -0.137. The fourth-order valence-electron chi connectivity index (χ4n) is 5.15. The van der Waals surface area contributed by atoms with Crippen LogP contribution in [0.15, 0.2) is 78.9 Å². The summed E-state index contributed by atoms with van der Waals surface area (Å²) in [4.78, 5) is 40.5. The number of carbonyl (C=O) groups excluding carboxylic acids is 3. The van der Waals surface area contributed by atoms with Gasteiger partial charge in [0.1, 0.15) is 24.0 Å². The number of aldehydes is 1. The van der Waals surface area contributed by atoms with Crippen LogP contribution in [0.2, 0.25) is 0 Å². The topological polar surface area (TPSA) is 84.3 Å². The maximum atomic E-state index is 14.1. The van der Waals surface area contributed by atoms with Crippen molar-refractivity contribution in [3.63, 3.8) is 0 Å². The molecule has 4 aromatic rings. The first-order valence-corrected chi connectivity index (χ1v) is 12.8. The van der Waals surface area contributed by atoms with Gasteiger partial charge in [-0.05, 0) is 55.0 Å². The molecule has 0 bridgehead atoms. The first-order valence-electron chi connectivity index (χ1n) is 12.8. The number of alkyl halides is 3. The standard InChI is InChI=1S/C30H24F4N4O3/c1-2-37-28-25(23(15-16-39)36-38(28)22-9-4-3-5-10-22)24(18-11-13-21(31)14-12-18)26(29(37)41)35-27(40)19-7-6-8-20(17-19)30(32,33)34/h3-14,16-17,24,26H,2,15H2,1H3,(H,35,40)/t24-,26-/m1/s1. The number of rotatable bonds is 7. The van der Waals surface area contributed by atoms with Gasteiger partial charge < -0.3 is 10.1 Å². The Bertz CT molecular complexity index is 1600. The summed E-state index contributed by atoms with van der Waals surface area (Å²) in [6.07, 6.45) is -4.11. The van der Waals surface area contributed by atoms with Crippen molar-refractivity contribution >= 4 is 23.9 Å². The summed E-state index contributed by atoms with van der Waals surface area (Å²) in [6, 6.07) is 16.9. The third-order valence-electron chi connectivity index (χ3n) is 6.97. The van der Waals surface area contributed by atoms with E-state index >= 15 is 0 Å². The van der Waals surface area contributed by atoms with Crippen LogP contribution in [0.1, 0.15) is 45.6 Å². The molecule has 2 atom stereocenters. The van der Waals surface area contributed by atoms with Crippen molar-refractivity contribution < 1.29 is 31.9 Å².